The zero-order chi connectivity index (χ0) is 24.9. The van der Waals surface area contributed by atoms with Crippen molar-refractivity contribution in [1.29, 1.82) is 0 Å². The average molecular weight is 488 g/mol. The predicted molar refractivity (Wildman–Crippen MR) is 119 cm³/mol. The third kappa shape index (κ3) is 4.37. The summed E-state index contributed by atoms with van der Waals surface area (Å²) in [5, 5.41) is 0.800. The average Bonchev–Trinajstić information content (AvgIpc) is 3.20. The standard InChI is InChI=1S/C24H23F3N4O4/c1-12-9-33-11-20(19-6-4-15(8-29-19)35-24(25,26)27)31(12)23(32)14-3-5-18-16(7-14)17-10-34-13(2)21(17)22(28)30-18/h3-8,12-13,20H,9-11H2,1-2H3,(H2,28,30)/t12-,13-,20-/m1/s1. The molecule has 11 heteroatoms. The van der Waals surface area contributed by atoms with E-state index >= 15 is 0 Å². The minimum atomic E-state index is -4.81. The van der Waals surface area contributed by atoms with Gasteiger partial charge < -0.3 is 24.8 Å². The van der Waals surface area contributed by atoms with E-state index in [4.69, 9.17) is 15.2 Å². The van der Waals surface area contributed by atoms with Crippen molar-refractivity contribution < 1.29 is 32.2 Å². The van der Waals surface area contributed by atoms with Crippen LogP contribution in [-0.4, -0.2) is 46.4 Å². The Morgan fingerprint density at radius 2 is 2.00 bits per heavy atom. The first-order valence-electron chi connectivity index (χ1n) is 11.1. The Balaban J connectivity index is 1.48. The first-order chi connectivity index (χ1) is 16.6. The molecular weight excluding hydrogens is 465 g/mol. The molecule has 2 aliphatic heterocycles. The van der Waals surface area contributed by atoms with Crippen LogP contribution in [0.4, 0.5) is 19.0 Å². The first-order valence-corrected chi connectivity index (χ1v) is 11.1. The van der Waals surface area contributed by atoms with Crippen LogP contribution in [0.1, 0.15) is 53.2 Å². The number of nitrogen functional groups attached to an aromatic ring is 1. The van der Waals surface area contributed by atoms with Crippen molar-refractivity contribution >= 4 is 22.6 Å². The predicted octanol–water partition coefficient (Wildman–Crippen LogP) is 4.30. The van der Waals surface area contributed by atoms with Crippen LogP contribution in [0, 0.1) is 0 Å². The number of halogens is 3. The van der Waals surface area contributed by atoms with E-state index in [1.807, 2.05) is 13.8 Å². The van der Waals surface area contributed by atoms with Gasteiger partial charge >= 0.3 is 6.36 Å². The number of carbonyl (C=O) groups is 1. The summed E-state index contributed by atoms with van der Waals surface area (Å²) in [6, 6.07) is 6.95. The Labute approximate surface area is 198 Å². The van der Waals surface area contributed by atoms with Crippen LogP contribution >= 0.6 is 0 Å². The second kappa shape index (κ2) is 8.65. The molecule has 4 heterocycles. The minimum Gasteiger partial charge on any atom is -0.404 e. The fraction of sp³-hybridized carbons (Fsp3) is 0.375. The Morgan fingerprint density at radius 3 is 2.71 bits per heavy atom. The third-order valence-corrected chi connectivity index (χ3v) is 6.31. The molecule has 5 rings (SSSR count). The van der Waals surface area contributed by atoms with E-state index in [1.54, 1.807) is 23.1 Å². The second-order valence-corrected chi connectivity index (χ2v) is 8.66. The number of aromatic nitrogens is 2. The number of hydrogen-bond acceptors (Lipinski definition) is 7. The van der Waals surface area contributed by atoms with Crippen molar-refractivity contribution in [1.82, 2.24) is 14.9 Å². The Kier molecular flexibility index (Phi) is 5.76. The number of benzene rings is 1. The first kappa shape index (κ1) is 23.3. The van der Waals surface area contributed by atoms with Crippen LogP contribution in [-0.2, 0) is 16.1 Å². The van der Waals surface area contributed by atoms with E-state index in [0.717, 1.165) is 22.7 Å². The van der Waals surface area contributed by atoms with Crippen LogP contribution in [0.3, 0.4) is 0 Å². The molecule has 2 aromatic heterocycles. The number of ether oxygens (including phenoxy) is 3. The van der Waals surface area contributed by atoms with Gasteiger partial charge in [-0.3, -0.25) is 9.78 Å². The van der Waals surface area contributed by atoms with Crippen LogP contribution in [0.25, 0.3) is 10.9 Å². The summed E-state index contributed by atoms with van der Waals surface area (Å²) in [4.78, 5) is 24.0. The van der Waals surface area contributed by atoms with Crippen molar-refractivity contribution in [2.45, 2.75) is 45.0 Å². The van der Waals surface area contributed by atoms with E-state index in [1.165, 1.54) is 12.1 Å². The molecular formula is C24H23F3N4O4. The minimum absolute atomic E-state index is 0.162. The fourth-order valence-electron chi connectivity index (χ4n) is 4.72. The Hall–Kier alpha value is -3.44. The van der Waals surface area contributed by atoms with Gasteiger partial charge in [-0.25, -0.2) is 4.98 Å². The molecule has 0 spiro atoms. The van der Waals surface area contributed by atoms with Gasteiger partial charge in [0.25, 0.3) is 5.91 Å². The van der Waals surface area contributed by atoms with E-state index in [0.29, 0.717) is 35.8 Å². The van der Waals surface area contributed by atoms with Gasteiger partial charge in [0.2, 0.25) is 0 Å². The molecule has 0 bridgehead atoms. The van der Waals surface area contributed by atoms with Crippen molar-refractivity contribution in [2.75, 3.05) is 18.9 Å². The zero-order valence-electron chi connectivity index (χ0n) is 19.0. The van der Waals surface area contributed by atoms with Gasteiger partial charge in [-0.2, -0.15) is 0 Å². The van der Waals surface area contributed by atoms with Crippen molar-refractivity contribution in [3.05, 3.63) is 58.9 Å². The number of morpholine rings is 1. The van der Waals surface area contributed by atoms with Gasteiger partial charge in [-0.1, -0.05) is 0 Å². The molecule has 0 aliphatic carbocycles. The van der Waals surface area contributed by atoms with E-state index in [-0.39, 0.29) is 24.7 Å². The molecule has 8 nitrogen and oxygen atoms in total. The number of anilines is 1. The monoisotopic (exact) mass is 488 g/mol. The lowest BCUT2D eigenvalue weighted by atomic mass is 9.99. The molecule has 184 valence electrons. The van der Waals surface area contributed by atoms with Crippen LogP contribution in [0.2, 0.25) is 0 Å². The van der Waals surface area contributed by atoms with Gasteiger partial charge in [0, 0.05) is 16.5 Å². The number of rotatable bonds is 3. The van der Waals surface area contributed by atoms with E-state index in [2.05, 4.69) is 14.7 Å². The molecule has 35 heavy (non-hydrogen) atoms. The number of alkyl halides is 3. The van der Waals surface area contributed by atoms with Crippen molar-refractivity contribution in [3.63, 3.8) is 0 Å². The number of pyridine rings is 2. The van der Waals surface area contributed by atoms with E-state index in [9.17, 15) is 18.0 Å². The highest BCUT2D eigenvalue weighted by Crippen LogP contribution is 2.38. The molecule has 2 aliphatic rings. The summed E-state index contributed by atoms with van der Waals surface area (Å²) in [5.74, 6) is -0.263. The maximum absolute atomic E-state index is 13.7. The molecule has 0 saturated carbocycles. The van der Waals surface area contributed by atoms with Gasteiger partial charge in [0.05, 0.1) is 55.4 Å². The maximum atomic E-state index is 13.7. The van der Waals surface area contributed by atoms with Gasteiger partial charge in [0.1, 0.15) is 11.6 Å². The molecule has 3 aromatic rings. The third-order valence-electron chi connectivity index (χ3n) is 6.31. The highest BCUT2D eigenvalue weighted by atomic mass is 19.4. The molecule has 2 N–H and O–H groups in total. The number of nitrogens with zero attached hydrogens (tertiary/aromatic N) is 3. The molecule has 1 amide bonds. The summed E-state index contributed by atoms with van der Waals surface area (Å²) in [6.07, 6.45) is -4.01. The zero-order valence-corrected chi connectivity index (χ0v) is 19.0. The van der Waals surface area contributed by atoms with Crippen molar-refractivity contribution in [2.24, 2.45) is 0 Å². The maximum Gasteiger partial charge on any atom is 0.573 e. The second-order valence-electron chi connectivity index (χ2n) is 8.66. The quantitative estimate of drug-likeness (QED) is 0.587. The topological polar surface area (TPSA) is 99.8 Å². The number of hydrogen-bond donors (Lipinski definition) is 1. The number of nitrogens with two attached hydrogens (primary N) is 1. The Morgan fingerprint density at radius 1 is 1.20 bits per heavy atom. The SMILES string of the molecule is C[C@@H]1COC[C@H](c2ccc(OC(F)(F)F)cn2)N1C(=O)c1ccc2nc(N)c3c(c2c1)CO[C@@H]3C. The lowest BCUT2D eigenvalue weighted by Crippen LogP contribution is -2.49. The molecule has 1 aromatic carbocycles. The largest absolute Gasteiger partial charge is 0.573 e. The Bertz CT molecular complexity index is 1280. The number of fused-ring (bicyclic) bond motifs is 3. The number of amides is 1. The van der Waals surface area contributed by atoms with Crippen LogP contribution in [0.15, 0.2) is 36.5 Å². The molecule has 1 fully saturated rings. The van der Waals surface area contributed by atoms with Crippen LogP contribution < -0.4 is 10.5 Å². The summed E-state index contributed by atoms with van der Waals surface area (Å²) < 4.78 is 52.8. The lowest BCUT2D eigenvalue weighted by molar-refractivity contribution is -0.274. The summed E-state index contributed by atoms with van der Waals surface area (Å²) in [5.41, 5.74) is 9.40. The fourth-order valence-corrected chi connectivity index (χ4v) is 4.72. The highest BCUT2D eigenvalue weighted by molar-refractivity contribution is 5.99. The number of carbonyl (C=O) groups excluding carboxylic acids is 1. The molecule has 0 radical (unpaired) electrons. The summed E-state index contributed by atoms with van der Waals surface area (Å²) in [6.45, 7) is 4.62. The normalized spacial score (nSPS) is 22.3. The summed E-state index contributed by atoms with van der Waals surface area (Å²) >= 11 is 0. The lowest BCUT2D eigenvalue weighted by Gasteiger charge is -2.40. The van der Waals surface area contributed by atoms with E-state index < -0.39 is 18.2 Å². The summed E-state index contributed by atoms with van der Waals surface area (Å²) in [7, 11) is 0. The van der Waals surface area contributed by atoms with Crippen molar-refractivity contribution in [3.8, 4) is 5.75 Å². The smallest absolute Gasteiger partial charge is 0.404 e. The van der Waals surface area contributed by atoms with Crippen LogP contribution in [0.5, 0.6) is 5.75 Å². The molecule has 3 atom stereocenters. The molecule has 0 unspecified atom stereocenters. The van der Waals surface area contributed by atoms with Gasteiger partial charge in [0.15, 0.2) is 0 Å². The van der Waals surface area contributed by atoms with Gasteiger partial charge in [-0.15, -0.1) is 13.2 Å². The highest BCUT2D eigenvalue weighted by Gasteiger charge is 2.36. The molecule has 1 saturated heterocycles. The van der Waals surface area contributed by atoms with Gasteiger partial charge in [-0.05, 0) is 49.7 Å².